The fraction of sp³-hybridized carbons (Fsp3) is 0.697. The lowest BCUT2D eigenvalue weighted by molar-refractivity contribution is -0.167. The maximum atomic E-state index is 12.9. The van der Waals surface area contributed by atoms with Gasteiger partial charge in [0.2, 0.25) is 0 Å². The van der Waals surface area contributed by atoms with E-state index in [9.17, 15) is 14.4 Å². The number of carbonyl (C=O) groups is 3. The Balaban J connectivity index is 4.34. The first-order chi connectivity index (χ1) is 40.5. The summed E-state index contributed by atoms with van der Waals surface area (Å²) in [6.07, 6.45) is 96.6. The molecule has 0 aliphatic carbocycles. The van der Waals surface area contributed by atoms with Crippen molar-refractivity contribution in [2.45, 2.75) is 329 Å². The van der Waals surface area contributed by atoms with Gasteiger partial charge in [0, 0.05) is 19.3 Å². The molecule has 468 valence electrons. The second-order valence-corrected chi connectivity index (χ2v) is 22.7. The molecule has 0 N–H and O–H groups in total. The summed E-state index contributed by atoms with van der Waals surface area (Å²) in [6, 6.07) is 0. The maximum Gasteiger partial charge on any atom is 0.306 e. The molecular formula is C76H128O6. The first-order valence-corrected chi connectivity index (χ1v) is 34.5. The molecule has 1 unspecified atom stereocenters. The van der Waals surface area contributed by atoms with E-state index in [0.717, 1.165) is 103 Å². The third kappa shape index (κ3) is 66.6. The highest BCUT2D eigenvalue weighted by molar-refractivity contribution is 5.71. The summed E-state index contributed by atoms with van der Waals surface area (Å²) in [5.74, 6) is -0.952. The van der Waals surface area contributed by atoms with Crippen LogP contribution in [0.2, 0.25) is 0 Å². The van der Waals surface area contributed by atoms with Crippen LogP contribution in [0.1, 0.15) is 323 Å². The standard InChI is InChI=1S/C76H128O6/c1-4-7-10-13-16-19-22-25-27-29-31-33-35-36-37-38-39-40-42-43-45-47-49-51-54-57-60-63-66-69-75(78)81-72-73(71-80-74(77)68-65-62-59-56-53-24-21-18-15-12-9-6-3)82-76(79)70-67-64-61-58-55-52-50-48-46-44-41-34-32-30-28-26-23-20-17-14-11-8-5-2/h8,11,17,20,22,25-26,28-29,31-32,34-36,44,46,50,52,58,61,73H,4-7,9-10,12-16,18-19,21,23-24,27,30,33,37-43,45,47-49,51,53-57,59-60,62-72H2,1-3H3/b11-8-,20-17-,25-22-,28-26-,31-29-,34-32-,36-35-,46-44-,52-50-,61-58-. The SMILES string of the molecule is CC/C=C\C/C=C\C/C=C\C/C=C\C/C=C\C/C=C\C/C=C\CCCC(=O)OC(COC(=O)CCCCCCCCCCCCCC)COC(=O)CCCCCCCCCCCCCCCC/C=C\C/C=C\C/C=C\CCCCCCC. The summed E-state index contributed by atoms with van der Waals surface area (Å²) in [4.78, 5) is 38.3. The van der Waals surface area contributed by atoms with E-state index in [0.29, 0.717) is 19.3 Å². The molecule has 0 spiro atoms. The van der Waals surface area contributed by atoms with Gasteiger partial charge in [0.05, 0.1) is 0 Å². The highest BCUT2D eigenvalue weighted by Gasteiger charge is 2.19. The molecule has 0 saturated carbocycles. The van der Waals surface area contributed by atoms with Crippen LogP contribution in [-0.4, -0.2) is 37.2 Å². The summed E-state index contributed by atoms with van der Waals surface area (Å²) >= 11 is 0. The predicted molar refractivity (Wildman–Crippen MR) is 357 cm³/mol. The third-order valence-corrected chi connectivity index (χ3v) is 14.7. The number of rotatable bonds is 62. The van der Waals surface area contributed by atoms with Crippen molar-refractivity contribution >= 4 is 17.9 Å². The van der Waals surface area contributed by atoms with Gasteiger partial charge < -0.3 is 14.2 Å². The normalized spacial score (nSPS) is 12.9. The minimum absolute atomic E-state index is 0.100. The van der Waals surface area contributed by atoms with Crippen molar-refractivity contribution in [3.63, 3.8) is 0 Å². The first kappa shape index (κ1) is 77.8. The topological polar surface area (TPSA) is 78.9 Å². The Hall–Kier alpha value is -4.19. The van der Waals surface area contributed by atoms with Crippen LogP contribution in [-0.2, 0) is 28.6 Å². The zero-order valence-corrected chi connectivity index (χ0v) is 53.7. The Morgan fingerprint density at radius 2 is 0.488 bits per heavy atom. The highest BCUT2D eigenvalue weighted by atomic mass is 16.6. The number of hydrogen-bond donors (Lipinski definition) is 0. The van der Waals surface area contributed by atoms with Crippen LogP contribution < -0.4 is 0 Å². The zero-order valence-electron chi connectivity index (χ0n) is 53.7. The Morgan fingerprint density at radius 1 is 0.256 bits per heavy atom. The average molecular weight is 1140 g/mol. The second-order valence-electron chi connectivity index (χ2n) is 22.7. The summed E-state index contributed by atoms with van der Waals surface area (Å²) in [5, 5.41) is 0. The summed E-state index contributed by atoms with van der Waals surface area (Å²) < 4.78 is 16.9. The van der Waals surface area contributed by atoms with Crippen LogP contribution in [0.15, 0.2) is 122 Å². The molecule has 0 radical (unpaired) electrons. The molecule has 6 heteroatoms. The fourth-order valence-corrected chi connectivity index (χ4v) is 9.56. The van der Waals surface area contributed by atoms with Gasteiger partial charge in [-0.05, 0) is 109 Å². The van der Waals surface area contributed by atoms with E-state index in [-0.39, 0.29) is 37.5 Å². The number of ether oxygens (including phenoxy) is 3. The largest absolute Gasteiger partial charge is 0.462 e. The van der Waals surface area contributed by atoms with Crippen molar-refractivity contribution in [2.75, 3.05) is 13.2 Å². The number of unbranched alkanes of at least 4 members (excludes halogenated alkanes) is 31. The van der Waals surface area contributed by atoms with Crippen molar-refractivity contribution in [2.24, 2.45) is 0 Å². The number of allylic oxidation sites excluding steroid dienone is 20. The average Bonchev–Trinajstić information content (AvgIpc) is 3.47. The number of hydrogen-bond acceptors (Lipinski definition) is 6. The molecule has 0 aliphatic rings. The van der Waals surface area contributed by atoms with Crippen LogP contribution in [0.4, 0.5) is 0 Å². The second kappa shape index (κ2) is 69.3. The van der Waals surface area contributed by atoms with E-state index in [2.05, 4.69) is 142 Å². The van der Waals surface area contributed by atoms with E-state index < -0.39 is 6.10 Å². The van der Waals surface area contributed by atoms with Gasteiger partial charge in [-0.3, -0.25) is 14.4 Å². The van der Waals surface area contributed by atoms with Crippen LogP contribution in [0.5, 0.6) is 0 Å². The minimum Gasteiger partial charge on any atom is -0.462 e. The smallest absolute Gasteiger partial charge is 0.306 e. The van der Waals surface area contributed by atoms with Crippen LogP contribution in [0.3, 0.4) is 0 Å². The molecule has 0 aromatic heterocycles. The quantitative estimate of drug-likeness (QED) is 0.0261. The zero-order chi connectivity index (χ0) is 59.2. The molecule has 0 bridgehead atoms. The Morgan fingerprint density at radius 3 is 0.780 bits per heavy atom. The molecule has 1 atom stereocenters. The molecule has 0 aromatic carbocycles. The van der Waals surface area contributed by atoms with Crippen molar-refractivity contribution in [1.82, 2.24) is 0 Å². The molecular weight excluding hydrogens is 1010 g/mol. The monoisotopic (exact) mass is 1140 g/mol. The first-order valence-electron chi connectivity index (χ1n) is 34.5. The molecule has 82 heavy (non-hydrogen) atoms. The van der Waals surface area contributed by atoms with E-state index in [1.165, 1.54) is 173 Å². The summed E-state index contributed by atoms with van der Waals surface area (Å²) in [5.41, 5.74) is 0. The van der Waals surface area contributed by atoms with Gasteiger partial charge in [0.25, 0.3) is 0 Å². The van der Waals surface area contributed by atoms with Gasteiger partial charge in [0.15, 0.2) is 6.10 Å². The summed E-state index contributed by atoms with van der Waals surface area (Å²) in [6.45, 7) is 6.49. The van der Waals surface area contributed by atoms with Crippen molar-refractivity contribution in [1.29, 1.82) is 0 Å². The van der Waals surface area contributed by atoms with Gasteiger partial charge in [0.1, 0.15) is 13.2 Å². The van der Waals surface area contributed by atoms with Gasteiger partial charge in [-0.15, -0.1) is 0 Å². The molecule has 0 saturated heterocycles. The summed E-state index contributed by atoms with van der Waals surface area (Å²) in [7, 11) is 0. The Kier molecular flexibility index (Phi) is 65.8. The Labute approximate surface area is 507 Å². The molecule has 0 heterocycles. The molecule has 0 aliphatic heterocycles. The highest BCUT2D eigenvalue weighted by Crippen LogP contribution is 2.16. The van der Waals surface area contributed by atoms with Crippen molar-refractivity contribution < 1.29 is 28.6 Å². The van der Waals surface area contributed by atoms with E-state index in [1.54, 1.807) is 0 Å². The lowest BCUT2D eigenvalue weighted by Gasteiger charge is -2.18. The third-order valence-electron chi connectivity index (χ3n) is 14.7. The molecule has 0 rings (SSSR count). The number of carbonyl (C=O) groups excluding carboxylic acids is 3. The van der Waals surface area contributed by atoms with Gasteiger partial charge in [-0.25, -0.2) is 0 Å². The minimum atomic E-state index is -0.811. The lowest BCUT2D eigenvalue weighted by atomic mass is 10.0. The van der Waals surface area contributed by atoms with Crippen molar-refractivity contribution in [3.8, 4) is 0 Å². The lowest BCUT2D eigenvalue weighted by Crippen LogP contribution is -2.30. The molecule has 0 amide bonds. The van der Waals surface area contributed by atoms with Crippen molar-refractivity contribution in [3.05, 3.63) is 122 Å². The van der Waals surface area contributed by atoms with Gasteiger partial charge in [-0.2, -0.15) is 0 Å². The van der Waals surface area contributed by atoms with E-state index >= 15 is 0 Å². The molecule has 0 fully saturated rings. The Bertz CT molecular complexity index is 1690. The fourth-order valence-electron chi connectivity index (χ4n) is 9.56. The molecule has 6 nitrogen and oxygen atoms in total. The van der Waals surface area contributed by atoms with E-state index in [1.807, 2.05) is 0 Å². The van der Waals surface area contributed by atoms with Crippen LogP contribution >= 0.6 is 0 Å². The van der Waals surface area contributed by atoms with Crippen LogP contribution in [0, 0.1) is 0 Å². The number of esters is 3. The maximum absolute atomic E-state index is 12.9. The van der Waals surface area contributed by atoms with Gasteiger partial charge in [-0.1, -0.05) is 316 Å². The van der Waals surface area contributed by atoms with Gasteiger partial charge >= 0.3 is 17.9 Å². The van der Waals surface area contributed by atoms with E-state index in [4.69, 9.17) is 14.2 Å². The molecule has 0 aromatic rings. The predicted octanol–water partition coefficient (Wildman–Crippen LogP) is 23.9. The van der Waals surface area contributed by atoms with Crippen LogP contribution in [0.25, 0.3) is 0 Å².